The van der Waals surface area contributed by atoms with Gasteiger partial charge in [0.2, 0.25) is 0 Å². The standard InChI is InChI=1S/C18H16ClNO2/c1-2-10-18(22)15-11-14(19)8-9-16(15)20(17(18)21)12-13-6-4-3-5-7-13/h2-9,11,22H,1,10,12H2. The summed E-state index contributed by atoms with van der Waals surface area (Å²) in [6.07, 6.45) is 1.71. The minimum Gasteiger partial charge on any atom is -0.375 e. The van der Waals surface area contributed by atoms with Crippen molar-refractivity contribution in [1.82, 2.24) is 0 Å². The van der Waals surface area contributed by atoms with E-state index in [1.807, 2.05) is 30.3 Å². The molecule has 4 heteroatoms. The molecular formula is C18H16ClNO2. The van der Waals surface area contributed by atoms with E-state index in [9.17, 15) is 9.90 Å². The molecule has 1 aliphatic rings. The number of aliphatic hydroxyl groups is 1. The summed E-state index contributed by atoms with van der Waals surface area (Å²) in [5.41, 5.74) is 0.652. The lowest BCUT2D eigenvalue weighted by atomic mass is 9.92. The Balaban J connectivity index is 2.06. The van der Waals surface area contributed by atoms with E-state index in [4.69, 9.17) is 11.6 Å². The molecular weight excluding hydrogens is 298 g/mol. The van der Waals surface area contributed by atoms with Crippen LogP contribution in [0.25, 0.3) is 0 Å². The highest BCUT2D eigenvalue weighted by atomic mass is 35.5. The molecule has 1 aliphatic heterocycles. The Hall–Kier alpha value is -2.10. The lowest BCUT2D eigenvalue weighted by Crippen LogP contribution is -2.39. The highest BCUT2D eigenvalue weighted by Gasteiger charge is 2.48. The van der Waals surface area contributed by atoms with E-state index in [0.29, 0.717) is 22.8 Å². The summed E-state index contributed by atoms with van der Waals surface area (Å²) < 4.78 is 0. The van der Waals surface area contributed by atoms with Gasteiger partial charge < -0.3 is 10.0 Å². The number of nitrogens with zero attached hydrogens (tertiary/aromatic N) is 1. The van der Waals surface area contributed by atoms with Crippen molar-refractivity contribution < 1.29 is 9.90 Å². The molecule has 2 aromatic carbocycles. The number of fused-ring (bicyclic) bond motifs is 1. The molecule has 112 valence electrons. The van der Waals surface area contributed by atoms with Crippen molar-refractivity contribution in [2.24, 2.45) is 0 Å². The van der Waals surface area contributed by atoms with Crippen LogP contribution < -0.4 is 4.90 Å². The number of halogens is 1. The normalized spacial score (nSPS) is 20.1. The van der Waals surface area contributed by atoms with Crippen molar-refractivity contribution in [2.45, 2.75) is 18.6 Å². The van der Waals surface area contributed by atoms with Crippen molar-refractivity contribution in [1.29, 1.82) is 0 Å². The lowest BCUT2D eigenvalue weighted by Gasteiger charge is -2.22. The number of carbonyl (C=O) groups is 1. The van der Waals surface area contributed by atoms with Gasteiger partial charge in [-0.1, -0.05) is 48.0 Å². The van der Waals surface area contributed by atoms with Crippen molar-refractivity contribution in [2.75, 3.05) is 4.90 Å². The second kappa shape index (κ2) is 5.59. The molecule has 0 saturated heterocycles. The quantitative estimate of drug-likeness (QED) is 0.875. The maximum absolute atomic E-state index is 12.8. The summed E-state index contributed by atoms with van der Waals surface area (Å²) in [5.74, 6) is -0.339. The first kappa shape index (κ1) is 14.8. The molecule has 0 fully saturated rings. The zero-order chi connectivity index (χ0) is 15.7. The van der Waals surface area contributed by atoms with Crippen LogP contribution in [0.1, 0.15) is 17.5 Å². The van der Waals surface area contributed by atoms with Crippen LogP contribution in [0.3, 0.4) is 0 Å². The summed E-state index contributed by atoms with van der Waals surface area (Å²) >= 11 is 6.04. The average molecular weight is 314 g/mol. The molecule has 1 unspecified atom stereocenters. The first-order chi connectivity index (χ1) is 10.6. The number of amides is 1. The first-order valence-electron chi connectivity index (χ1n) is 7.05. The molecule has 0 aromatic heterocycles. The van der Waals surface area contributed by atoms with Crippen molar-refractivity contribution in [3.8, 4) is 0 Å². The van der Waals surface area contributed by atoms with E-state index < -0.39 is 5.60 Å². The summed E-state index contributed by atoms with van der Waals surface area (Å²) in [6, 6.07) is 14.8. The van der Waals surface area contributed by atoms with Crippen molar-refractivity contribution >= 4 is 23.2 Å². The molecule has 0 aliphatic carbocycles. The molecule has 1 N–H and O–H groups in total. The molecule has 22 heavy (non-hydrogen) atoms. The van der Waals surface area contributed by atoms with Gasteiger partial charge in [0.05, 0.1) is 12.2 Å². The molecule has 0 bridgehead atoms. The third-order valence-electron chi connectivity index (χ3n) is 3.92. The highest BCUT2D eigenvalue weighted by Crippen LogP contribution is 2.44. The van der Waals surface area contributed by atoms with E-state index in [1.165, 1.54) is 0 Å². The Morgan fingerprint density at radius 3 is 2.64 bits per heavy atom. The molecule has 0 radical (unpaired) electrons. The van der Waals surface area contributed by atoms with Crippen LogP contribution in [-0.2, 0) is 16.9 Å². The highest BCUT2D eigenvalue weighted by molar-refractivity contribution is 6.31. The summed E-state index contributed by atoms with van der Waals surface area (Å²) in [5, 5.41) is 11.4. The van der Waals surface area contributed by atoms with Crippen LogP contribution in [0.2, 0.25) is 5.02 Å². The third-order valence-corrected chi connectivity index (χ3v) is 4.15. The number of carbonyl (C=O) groups excluding carboxylic acids is 1. The van der Waals surface area contributed by atoms with Crippen LogP contribution in [0.4, 0.5) is 5.69 Å². The van der Waals surface area contributed by atoms with Gasteiger partial charge in [-0.2, -0.15) is 0 Å². The molecule has 1 heterocycles. The zero-order valence-corrected chi connectivity index (χ0v) is 12.8. The maximum Gasteiger partial charge on any atom is 0.264 e. The fourth-order valence-corrected chi connectivity index (χ4v) is 3.02. The Kier molecular flexibility index (Phi) is 3.77. The minimum absolute atomic E-state index is 0.157. The summed E-state index contributed by atoms with van der Waals surface area (Å²) in [4.78, 5) is 14.4. The van der Waals surface area contributed by atoms with Crippen LogP contribution in [0, 0.1) is 0 Å². The molecule has 2 aromatic rings. The van der Waals surface area contributed by atoms with Crippen molar-refractivity contribution in [3.05, 3.63) is 77.3 Å². The van der Waals surface area contributed by atoms with Crippen LogP contribution in [0.5, 0.6) is 0 Å². The van der Waals surface area contributed by atoms with Gasteiger partial charge in [0.15, 0.2) is 5.60 Å². The van der Waals surface area contributed by atoms with Gasteiger partial charge in [0.1, 0.15) is 0 Å². The second-order valence-corrected chi connectivity index (χ2v) is 5.83. The molecule has 0 spiro atoms. The predicted molar refractivity (Wildman–Crippen MR) is 87.8 cm³/mol. The van der Waals surface area contributed by atoms with Crippen LogP contribution in [0.15, 0.2) is 61.2 Å². The van der Waals surface area contributed by atoms with E-state index in [-0.39, 0.29) is 12.3 Å². The van der Waals surface area contributed by atoms with E-state index in [1.54, 1.807) is 29.2 Å². The topological polar surface area (TPSA) is 40.5 Å². The Morgan fingerprint density at radius 1 is 1.23 bits per heavy atom. The van der Waals surface area contributed by atoms with Crippen molar-refractivity contribution in [3.63, 3.8) is 0 Å². The SMILES string of the molecule is C=CCC1(O)C(=O)N(Cc2ccccc2)c2ccc(Cl)cc21. The van der Waals surface area contributed by atoms with Gasteiger partial charge in [-0.25, -0.2) is 0 Å². The number of anilines is 1. The van der Waals surface area contributed by atoms with Crippen LogP contribution >= 0.6 is 11.6 Å². The average Bonchev–Trinajstić information content (AvgIpc) is 2.71. The third kappa shape index (κ3) is 2.32. The number of hydrogen-bond acceptors (Lipinski definition) is 2. The smallest absolute Gasteiger partial charge is 0.264 e. The Bertz CT molecular complexity index is 729. The second-order valence-electron chi connectivity index (χ2n) is 5.39. The van der Waals surface area contributed by atoms with Gasteiger partial charge in [-0.15, -0.1) is 6.58 Å². The van der Waals surface area contributed by atoms with Gasteiger partial charge in [-0.05, 0) is 23.8 Å². The first-order valence-corrected chi connectivity index (χ1v) is 7.43. The number of benzene rings is 2. The molecule has 1 amide bonds. The van der Waals surface area contributed by atoms with E-state index >= 15 is 0 Å². The van der Waals surface area contributed by atoms with E-state index in [2.05, 4.69) is 6.58 Å². The van der Waals surface area contributed by atoms with Gasteiger partial charge in [0, 0.05) is 17.0 Å². The van der Waals surface area contributed by atoms with E-state index in [0.717, 1.165) is 5.56 Å². The molecule has 0 saturated carbocycles. The molecule has 3 rings (SSSR count). The number of rotatable bonds is 4. The monoisotopic (exact) mass is 313 g/mol. The van der Waals surface area contributed by atoms with Gasteiger partial charge in [0.25, 0.3) is 5.91 Å². The maximum atomic E-state index is 12.8. The molecule has 1 atom stereocenters. The Labute approximate surface area is 134 Å². The number of hydrogen-bond donors (Lipinski definition) is 1. The molecule has 3 nitrogen and oxygen atoms in total. The van der Waals surface area contributed by atoms with Gasteiger partial charge >= 0.3 is 0 Å². The summed E-state index contributed by atoms with van der Waals surface area (Å²) in [6.45, 7) is 4.05. The minimum atomic E-state index is -1.59. The Morgan fingerprint density at radius 2 is 1.95 bits per heavy atom. The zero-order valence-electron chi connectivity index (χ0n) is 12.0. The largest absolute Gasteiger partial charge is 0.375 e. The fourth-order valence-electron chi connectivity index (χ4n) is 2.85. The predicted octanol–water partition coefficient (Wildman–Crippen LogP) is 3.65. The fraction of sp³-hybridized carbons (Fsp3) is 0.167. The van der Waals surface area contributed by atoms with Crippen LogP contribution in [-0.4, -0.2) is 11.0 Å². The summed E-state index contributed by atoms with van der Waals surface area (Å²) in [7, 11) is 0. The van der Waals surface area contributed by atoms with Gasteiger partial charge in [-0.3, -0.25) is 4.79 Å². The lowest BCUT2D eigenvalue weighted by molar-refractivity contribution is -0.135.